The summed E-state index contributed by atoms with van der Waals surface area (Å²) in [7, 11) is -1.28. The third-order valence-corrected chi connectivity index (χ3v) is 4.62. The normalized spacial score (nSPS) is 10.9. The number of rotatable bonds is 3. The summed E-state index contributed by atoms with van der Waals surface area (Å²) in [6.07, 6.45) is 1.83. The van der Waals surface area contributed by atoms with E-state index in [1.54, 1.807) is 0 Å². The third kappa shape index (κ3) is 5.53. The molecule has 0 nitrogen and oxygen atoms in total. The maximum Gasteiger partial charge on any atom is 0.129 e. The van der Waals surface area contributed by atoms with Gasteiger partial charge in [0.15, 0.2) is 0 Å². The van der Waals surface area contributed by atoms with Crippen molar-refractivity contribution in [3.63, 3.8) is 0 Å². The monoisotopic (exact) mass is 356 g/mol. The van der Waals surface area contributed by atoms with Crippen LogP contribution in [0, 0.1) is 11.5 Å². The Bertz CT molecular complexity index is 654. The van der Waals surface area contributed by atoms with E-state index in [4.69, 9.17) is 0 Å². The molecule has 2 heteroatoms. The molecule has 0 N–H and O–H groups in total. The Balaban J connectivity index is 2.16. The SMILES string of the molecule is C[Si](C)(C)C#CCc1ccccc1Cc1ccc(Br)cc1. The van der Waals surface area contributed by atoms with Gasteiger partial charge in [0.25, 0.3) is 0 Å². The van der Waals surface area contributed by atoms with Crippen molar-refractivity contribution >= 4 is 24.0 Å². The van der Waals surface area contributed by atoms with Gasteiger partial charge in [-0.3, -0.25) is 0 Å². The van der Waals surface area contributed by atoms with Crippen LogP contribution in [0.3, 0.4) is 0 Å². The van der Waals surface area contributed by atoms with Gasteiger partial charge in [-0.1, -0.05) is 72.0 Å². The molecule has 0 aliphatic heterocycles. The molecule has 0 radical (unpaired) electrons. The Morgan fingerprint density at radius 2 is 1.52 bits per heavy atom. The average molecular weight is 357 g/mol. The van der Waals surface area contributed by atoms with Crippen molar-refractivity contribution < 1.29 is 0 Å². The van der Waals surface area contributed by atoms with E-state index in [1.165, 1.54) is 16.7 Å². The van der Waals surface area contributed by atoms with Crippen molar-refractivity contribution in [3.8, 4) is 11.5 Å². The van der Waals surface area contributed by atoms with Gasteiger partial charge in [0.1, 0.15) is 8.07 Å². The molecular formula is C19H21BrSi. The molecule has 2 aromatic carbocycles. The molecule has 0 aliphatic carbocycles. The molecule has 0 amide bonds. The van der Waals surface area contributed by atoms with Crippen molar-refractivity contribution in [3.05, 3.63) is 69.7 Å². The topological polar surface area (TPSA) is 0 Å². The zero-order valence-corrected chi connectivity index (χ0v) is 15.5. The largest absolute Gasteiger partial charge is 0.132 e. The van der Waals surface area contributed by atoms with Crippen LogP contribution in [0.25, 0.3) is 0 Å². The lowest BCUT2D eigenvalue weighted by Crippen LogP contribution is -2.16. The highest BCUT2D eigenvalue weighted by molar-refractivity contribution is 9.10. The number of hydrogen-bond donors (Lipinski definition) is 0. The summed E-state index contributed by atoms with van der Waals surface area (Å²) >= 11 is 3.48. The quantitative estimate of drug-likeness (QED) is 0.505. The summed E-state index contributed by atoms with van der Waals surface area (Å²) in [5, 5.41) is 0. The van der Waals surface area contributed by atoms with Crippen LogP contribution in [0.1, 0.15) is 16.7 Å². The van der Waals surface area contributed by atoms with Gasteiger partial charge >= 0.3 is 0 Å². The highest BCUT2D eigenvalue weighted by Gasteiger charge is 2.07. The lowest BCUT2D eigenvalue weighted by molar-refractivity contribution is 1.13. The van der Waals surface area contributed by atoms with Crippen LogP contribution in [0.2, 0.25) is 19.6 Å². The van der Waals surface area contributed by atoms with Crippen molar-refractivity contribution in [2.75, 3.05) is 0 Å². The molecule has 0 aromatic heterocycles. The Morgan fingerprint density at radius 1 is 0.905 bits per heavy atom. The molecule has 0 saturated heterocycles. The van der Waals surface area contributed by atoms with Crippen LogP contribution < -0.4 is 0 Å². The zero-order valence-electron chi connectivity index (χ0n) is 12.9. The first kappa shape index (κ1) is 16.1. The van der Waals surface area contributed by atoms with Gasteiger partial charge in [0.05, 0.1) is 0 Å². The van der Waals surface area contributed by atoms with E-state index in [2.05, 4.69) is 95.6 Å². The van der Waals surface area contributed by atoms with E-state index < -0.39 is 8.07 Å². The van der Waals surface area contributed by atoms with Gasteiger partial charge in [-0.2, -0.15) is 0 Å². The van der Waals surface area contributed by atoms with Gasteiger partial charge in [-0.05, 0) is 35.2 Å². The van der Waals surface area contributed by atoms with Crippen LogP contribution >= 0.6 is 15.9 Å². The predicted octanol–water partition coefficient (Wildman–Crippen LogP) is 5.46. The number of benzene rings is 2. The molecule has 2 rings (SSSR count). The summed E-state index contributed by atoms with van der Waals surface area (Å²) in [4.78, 5) is 0. The number of halogens is 1. The highest BCUT2D eigenvalue weighted by Crippen LogP contribution is 2.17. The molecule has 21 heavy (non-hydrogen) atoms. The van der Waals surface area contributed by atoms with Gasteiger partial charge in [-0.15, -0.1) is 11.5 Å². The second kappa shape index (κ2) is 7.11. The minimum Gasteiger partial charge on any atom is -0.132 e. The van der Waals surface area contributed by atoms with Gasteiger partial charge < -0.3 is 0 Å². The average Bonchev–Trinajstić information content (AvgIpc) is 2.42. The molecule has 0 bridgehead atoms. The van der Waals surface area contributed by atoms with Crippen molar-refractivity contribution in [2.24, 2.45) is 0 Å². The van der Waals surface area contributed by atoms with Crippen LogP contribution in [-0.4, -0.2) is 8.07 Å². The Morgan fingerprint density at radius 3 is 2.14 bits per heavy atom. The van der Waals surface area contributed by atoms with E-state index in [-0.39, 0.29) is 0 Å². The smallest absolute Gasteiger partial charge is 0.129 e. The summed E-state index contributed by atoms with van der Waals surface area (Å²) in [5.41, 5.74) is 7.52. The lowest BCUT2D eigenvalue weighted by Gasteiger charge is -2.08. The van der Waals surface area contributed by atoms with Crippen LogP contribution in [0.15, 0.2) is 53.0 Å². The summed E-state index contributed by atoms with van der Waals surface area (Å²) < 4.78 is 1.13. The van der Waals surface area contributed by atoms with E-state index in [0.717, 1.165) is 17.3 Å². The number of hydrogen-bond acceptors (Lipinski definition) is 0. The van der Waals surface area contributed by atoms with E-state index in [0.29, 0.717) is 0 Å². The maximum absolute atomic E-state index is 3.48. The predicted molar refractivity (Wildman–Crippen MR) is 98.2 cm³/mol. The van der Waals surface area contributed by atoms with E-state index in [1.807, 2.05) is 0 Å². The highest BCUT2D eigenvalue weighted by atomic mass is 79.9. The molecule has 0 unspecified atom stereocenters. The maximum atomic E-state index is 3.48. The lowest BCUT2D eigenvalue weighted by atomic mass is 9.98. The second-order valence-corrected chi connectivity index (χ2v) is 12.0. The first-order chi connectivity index (χ1) is 9.94. The molecule has 0 spiro atoms. The van der Waals surface area contributed by atoms with Crippen LogP contribution in [0.5, 0.6) is 0 Å². The fourth-order valence-corrected chi connectivity index (χ4v) is 3.01. The summed E-state index contributed by atoms with van der Waals surface area (Å²) in [6.45, 7) is 6.86. The second-order valence-electron chi connectivity index (χ2n) is 6.30. The van der Waals surface area contributed by atoms with Crippen molar-refractivity contribution in [1.29, 1.82) is 0 Å². The van der Waals surface area contributed by atoms with E-state index >= 15 is 0 Å². The molecule has 0 saturated carbocycles. The van der Waals surface area contributed by atoms with E-state index in [9.17, 15) is 0 Å². The molecule has 0 atom stereocenters. The Labute approximate surface area is 137 Å². The molecule has 0 fully saturated rings. The van der Waals surface area contributed by atoms with Gasteiger partial charge in [-0.25, -0.2) is 0 Å². The van der Waals surface area contributed by atoms with Gasteiger partial charge in [0.2, 0.25) is 0 Å². The zero-order chi connectivity index (χ0) is 15.3. The summed E-state index contributed by atoms with van der Waals surface area (Å²) in [5.74, 6) is 3.38. The van der Waals surface area contributed by atoms with Crippen LogP contribution in [0.4, 0.5) is 0 Å². The molecule has 108 valence electrons. The van der Waals surface area contributed by atoms with Crippen molar-refractivity contribution in [2.45, 2.75) is 32.5 Å². The third-order valence-electron chi connectivity index (χ3n) is 3.17. The summed E-state index contributed by atoms with van der Waals surface area (Å²) in [6, 6.07) is 17.2. The van der Waals surface area contributed by atoms with Crippen molar-refractivity contribution in [1.82, 2.24) is 0 Å². The first-order valence-corrected chi connectivity index (χ1v) is 11.5. The fourth-order valence-electron chi connectivity index (χ4n) is 2.13. The molecule has 0 aliphatic rings. The molecular weight excluding hydrogens is 336 g/mol. The fraction of sp³-hybridized carbons (Fsp3) is 0.263. The Hall–Kier alpha value is -1.30. The molecule has 2 aromatic rings. The first-order valence-electron chi connectivity index (χ1n) is 7.25. The minimum absolute atomic E-state index is 0.858. The molecule has 0 heterocycles. The standard InChI is InChI=1S/C19H21BrSi/c1-21(2,3)14-6-9-17-7-4-5-8-18(17)15-16-10-12-19(20)13-11-16/h4-5,7-8,10-13H,9,15H2,1-3H3. The minimum atomic E-state index is -1.28. The van der Waals surface area contributed by atoms with Crippen LogP contribution in [-0.2, 0) is 12.8 Å². The Kier molecular flexibility index (Phi) is 5.44. The van der Waals surface area contributed by atoms with Gasteiger partial charge in [0, 0.05) is 10.9 Å².